The topological polar surface area (TPSA) is 77.7 Å². The third kappa shape index (κ3) is 3.18. The zero-order chi connectivity index (χ0) is 17.9. The van der Waals surface area contributed by atoms with E-state index >= 15 is 0 Å². The second-order valence-electron chi connectivity index (χ2n) is 6.13. The maximum absolute atomic E-state index is 13.1. The van der Waals surface area contributed by atoms with Crippen molar-refractivity contribution < 1.29 is 18.8 Å². The summed E-state index contributed by atoms with van der Waals surface area (Å²) in [6.45, 7) is 1.54. The van der Waals surface area contributed by atoms with Gasteiger partial charge in [0.2, 0.25) is 0 Å². The number of carbonyl (C=O) groups is 1. The average Bonchev–Trinajstić information content (AvgIpc) is 3.16. The Morgan fingerprint density at radius 2 is 2.12 bits per heavy atom. The fourth-order valence-electron chi connectivity index (χ4n) is 3.13. The van der Waals surface area contributed by atoms with Gasteiger partial charge in [0, 0.05) is 19.2 Å². The Hall–Kier alpha value is -2.77. The van der Waals surface area contributed by atoms with Crippen molar-refractivity contribution in [3.05, 3.63) is 59.7 Å². The van der Waals surface area contributed by atoms with Crippen LogP contribution in [0, 0.1) is 0 Å². The molecule has 4 rings (SSSR count). The zero-order valence-corrected chi connectivity index (χ0v) is 14.4. The Balaban J connectivity index is 1.62. The molecule has 7 heteroatoms. The number of fused-ring (bicyclic) bond motifs is 1. The van der Waals surface area contributed by atoms with Crippen LogP contribution in [0.15, 0.2) is 47.0 Å². The maximum atomic E-state index is 13.1. The molecule has 0 saturated carbocycles. The number of hydrogen-bond acceptors (Lipinski definition) is 6. The second-order valence-corrected chi connectivity index (χ2v) is 6.13. The van der Waals surface area contributed by atoms with Gasteiger partial charge in [0.15, 0.2) is 5.82 Å². The largest absolute Gasteiger partial charge is 0.377 e. The Morgan fingerprint density at radius 1 is 1.27 bits per heavy atom. The van der Waals surface area contributed by atoms with Crippen LogP contribution in [-0.2, 0) is 16.1 Å². The molecule has 0 spiro atoms. The third-order valence-corrected chi connectivity index (χ3v) is 4.44. The van der Waals surface area contributed by atoms with Crippen molar-refractivity contribution in [2.45, 2.75) is 12.6 Å². The zero-order valence-electron chi connectivity index (χ0n) is 14.4. The normalized spacial score (nSPS) is 17.6. The van der Waals surface area contributed by atoms with Crippen molar-refractivity contribution in [2.24, 2.45) is 0 Å². The molecule has 1 atom stereocenters. The lowest BCUT2D eigenvalue weighted by molar-refractivity contribution is -0.00576. The van der Waals surface area contributed by atoms with Gasteiger partial charge in [-0.2, -0.15) is 4.98 Å². The minimum Gasteiger partial charge on any atom is -0.377 e. The minimum absolute atomic E-state index is 0.0675. The fourth-order valence-corrected chi connectivity index (χ4v) is 3.13. The van der Waals surface area contributed by atoms with Crippen molar-refractivity contribution >= 4 is 16.7 Å². The highest BCUT2D eigenvalue weighted by Crippen LogP contribution is 2.25. The molecule has 26 heavy (non-hydrogen) atoms. The number of aromatic nitrogens is 2. The van der Waals surface area contributed by atoms with Crippen molar-refractivity contribution in [1.82, 2.24) is 15.0 Å². The van der Waals surface area contributed by atoms with Gasteiger partial charge in [0.25, 0.3) is 11.8 Å². The summed E-state index contributed by atoms with van der Waals surface area (Å²) in [6, 6.07) is 13.3. The van der Waals surface area contributed by atoms with Crippen LogP contribution in [0.2, 0.25) is 0 Å². The summed E-state index contributed by atoms with van der Waals surface area (Å²) < 4.78 is 15.7. The maximum Gasteiger partial charge on any atom is 0.254 e. The molecule has 3 aromatic rings. The molecule has 1 aromatic heterocycles. The molecule has 2 aromatic carbocycles. The van der Waals surface area contributed by atoms with E-state index in [1.807, 2.05) is 42.5 Å². The van der Waals surface area contributed by atoms with Gasteiger partial charge in [-0.15, -0.1) is 0 Å². The lowest BCUT2D eigenvalue weighted by Crippen LogP contribution is -2.43. The van der Waals surface area contributed by atoms with Crippen LogP contribution in [0.4, 0.5) is 0 Å². The van der Waals surface area contributed by atoms with Crippen LogP contribution in [0.3, 0.4) is 0 Å². The molecular formula is C19H19N3O4. The highest BCUT2D eigenvalue weighted by Gasteiger charge is 2.32. The van der Waals surface area contributed by atoms with E-state index in [-0.39, 0.29) is 18.6 Å². The van der Waals surface area contributed by atoms with E-state index in [2.05, 4.69) is 10.1 Å². The van der Waals surface area contributed by atoms with Gasteiger partial charge in [-0.05, 0) is 22.9 Å². The SMILES string of the molecule is COCc1nc(C2COCCN2C(=O)c2ccc3ccccc3c2)no1. The summed E-state index contributed by atoms with van der Waals surface area (Å²) in [4.78, 5) is 19.2. The number of hydrogen-bond donors (Lipinski definition) is 0. The van der Waals surface area contributed by atoms with Crippen molar-refractivity contribution in [3.8, 4) is 0 Å². The predicted molar refractivity (Wildman–Crippen MR) is 93.6 cm³/mol. The number of rotatable bonds is 4. The molecule has 7 nitrogen and oxygen atoms in total. The smallest absolute Gasteiger partial charge is 0.254 e. The summed E-state index contributed by atoms with van der Waals surface area (Å²) in [5.41, 5.74) is 0.635. The highest BCUT2D eigenvalue weighted by atomic mass is 16.5. The fraction of sp³-hybridized carbons (Fsp3) is 0.316. The summed E-state index contributed by atoms with van der Waals surface area (Å²) in [7, 11) is 1.56. The lowest BCUT2D eigenvalue weighted by atomic mass is 10.1. The standard InChI is InChI=1S/C19H19N3O4/c1-24-12-17-20-18(21-26-17)16-11-25-9-8-22(16)19(23)15-7-6-13-4-2-3-5-14(13)10-15/h2-7,10,16H,8-9,11-12H2,1H3. The third-order valence-electron chi connectivity index (χ3n) is 4.44. The number of carbonyl (C=O) groups excluding carboxylic acids is 1. The number of benzene rings is 2. The first-order chi connectivity index (χ1) is 12.8. The molecule has 1 amide bonds. The van der Waals surface area contributed by atoms with Crippen molar-refractivity contribution in [1.29, 1.82) is 0 Å². The van der Waals surface area contributed by atoms with Gasteiger partial charge in [0.05, 0.1) is 13.2 Å². The van der Waals surface area contributed by atoms with Crippen LogP contribution >= 0.6 is 0 Å². The molecular weight excluding hydrogens is 334 g/mol. The summed E-state index contributed by atoms with van der Waals surface area (Å²) in [5, 5.41) is 6.13. The van der Waals surface area contributed by atoms with Crippen LogP contribution in [0.1, 0.15) is 28.1 Å². The van der Waals surface area contributed by atoms with E-state index < -0.39 is 0 Å². The number of nitrogens with zero attached hydrogens (tertiary/aromatic N) is 3. The van der Waals surface area contributed by atoms with E-state index in [9.17, 15) is 4.79 Å². The minimum atomic E-state index is -0.378. The van der Waals surface area contributed by atoms with E-state index in [1.54, 1.807) is 12.0 Å². The van der Waals surface area contributed by atoms with E-state index in [0.29, 0.717) is 37.0 Å². The van der Waals surface area contributed by atoms with E-state index in [4.69, 9.17) is 14.0 Å². The first-order valence-corrected chi connectivity index (χ1v) is 8.45. The Morgan fingerprint density at radius 3 is 2.96 bits per heavy atom. The lowest BCUT2D eigenvalue weighted by Gasteiger charge is -2.33. The van der Waals surface area contributed by atoms with Gasteiger partial charge >= 0.3 is 0 Å². The number of methoxy groups -OCH3 is 1. The molecule has 1 unspecified atom stereocenters. The van der Waals surface area contributed by atoms with E-state index in [0.717, 1.165) is 10.8 Å². The number of morpholine rings is 1. The van der Waals surface area contributed by atoms with Gasteiger partial charge in [0.1, 0.15) is 12.6 Å². The van der Waals surface area contributed by atoms with Crippen molar-refractivity contribution in [2.75, 3.05) is 26.9 Å². The number of amides is 1. The molecule has 0 bridgehead atoms. The van der Waals surface area contributed by atoms with Gasteiger partial charge in [-0.3, -0.25) is 4.79 Å². The Kier molecular flexibility index (Phi) is 4.64. The van der Waals surface area contributed by atoms with Crippen molar-refractivity contribution in [3.63, 3.8) is 0 Å². The quantitative estimate of drug-likeness (QED) is 0.717. The molecule has 1 aliphatic rings. The summed E-state index contributed by atoms with van der Waals surface area (Å²) >= 11 is 0. The van der Waals surface area contributed by atoms with Crippen LogP contribution in [-0.4, -0.2) is 47.8 Å². The summed E-state index contributed by atoms with van der Waals surface area (Å²) in [6.07, 6.45) is 0. The molecule has 0 N–H and O–H groups in total. The monoisotopic (exact) mass is 353 g/mol. The molecule has 0 radical (unpaired) electrons. The van der Waals surface area contributed by atoms with Gasteiger partial charge in [-0.1, -0.05) is 35.5 Å². The van der Waals surface area contributed by atoms with Crippen LogP contribution < -0.4 is 0 Å². The Bertz CT molecular complexity index is 924. The molecule has 1 saturated heterocycles. The molecule has 0 aliphatic carbocycles. The summed E-state index contributed by atoms with van der Waals surface area (Å²) in [5.74, 6) is 0.749. The second kappa shape index (κ2) is 7.23. The molecule has 2 heterocycles. The molecule has 1 aliphatic heterocycles. The molecule has 1 fully saturated rings. The first kappa shape index (κ1) is 16.7. The van der Waals surface area contributed by atoms with Crippen LogP contribution in [0.25, 0.3) is 10.8 Å². The Labute approximate surface area is 150 Å². The van der Waals surface area contributed by atoms with E-state index in [1.165, 1.54) is 0 Å². The number of ether oxygens (including phenoxy) is 2. The van der Waals surface area contributed by atoms with Crippen LogP contribution in [0.5, 0.6) is 0 Å². The first-order valence-electron chi connectivity index (χ1n) is 8.45. The highest BCUT2D eigenvalue weighted by molar-refractivity contribution is 5.98. The van der Waals surface area contributed by atoms with Gasteiger partial charge < -0.3 is 18.9 Å². The van der Waals surface area contributed by atoms with Gasteiger partial charge in [-0.25, -0.2) is 0 Å². The average molecular weight is 353 g/mol. The molecule has 134 valence electrons. The predicted octanol–water partition coefficient (Wildman–Crippen LogP) is 2.58.